The van der Waals surface area contributed by atoms with Crippen molar-refractivity contribution in [3.8, 4) is 23.0 Å². The van der Waals surface area contributed by atoms with E-state index in [2.05, 4.69) is 22.5 Å². The molecule has 0 saturated heterocycles. The maximum atomic E-state index is 12.5. The lowest BCUT2D eigenvalue weighted by Crippen LogP contribution is -2.27. The Balaban J connectivity index is 2.58. The van der Waals surface area contributed by atoms with Crippen LogP contribution in [0.15, 0.2) is 53.0 Å². The maximum Gasteiger partial charge on any atom is 0.514 e. The predicted octanol–water partition coefficient (Wildman–Crippen LogP) is 9.80. The molecule has 0 fully saturated rings. The summed E-state index contributed by atoms with van der Waals surface area (Å²) < 4.78 is 27.9. The summed E-state index contributed by atoms with van der Waals surface area (Å²) in [5.74, 6) is 0.440. The molecule has 0 aliphatic heterocycles. The second-order valence-electron chi connectivity index (χ2n) is 12.7. The Morgan fingerprint density at radius 2 is 1.42 bits per heavy atom. The number of benzene rings is 2. The van der Waals surface area contributed by atoms with Gasteiger partial charge in [-0.15, -0.1) is 0 Å². The Hall–Kier alpha value is -3.72. The largest absolute Gasteiger partial charge is 0.514 e. The minimum absolute atomic E-state index is 0.0230. The van der Waals surface area contributed by atoms with Crippen LogP contribution in [0.2, 0.25) is 0 Å². The molecule has 43 heavy (non-hydrogen) atoms. The van der Waals surface area contributed by atoms with Crippen LogP contribution in [-0.2, 0) is 15.9 Å². The predicted molar refractivity (Wildman–Crippen MR) is 173 cm³/mol. The number of ether oxygens (including phenoxy) is 5. The van der Waals surface area contributed by atoms with Crippen LogP contribution in [0.4, 0.5) is 9.59 Å². The van der Waals surface area contributed by atoms with Gasteiger partial charge in [0.2, 0.25) is 0 Å². The third-order valence-corrected chi connectivity index (χ3v) is 6.28. The second kappa shape index (κ2) is 14.2. The van der Waals surface area contributed by atoms with Crippen molar-refractivity contribution in [1.82, 2.24) is 0 Å². The number of phenols is 1. The van der Waals surface area contributed by atoms with Crippen molar-refractivity contribution in [2.24, 2.45) is 0 Å². The first kappa shape index (κ1) is 35.5. The number of carbonyl (C=O) groups excluding carboxylic acids is 2. The topological polar surface area (TPSA) is 101 Å². The minimum Gasteiger partial charge on any atom is -0.506 e. The van der Waals surface area contributed by atoms with Crippen LogP contribution >= 0.6 is 15.9 Å². The van der Waals surface area contributed by atoms with E-state index in [1.807, 2.05) is 45.9 Å². The van der Waals surface area contributed by atoms with Crippen molar-refractivity contribution in [1.29, 1.82) is 0 Å². The molecule has 2 rings (SSSR count). The first-order valence-electron chi connectivity index (χ1n) is 13.8. The zero-order valence-electron chi connectivity index (χ0n) is 26.7. The molecule has 0 amide bonds. The molecule has 0 radical (unpaired) electrons. The zero-order chi connectivity index (χ0) is 32.8. The van der Waals surface area contributed by atoms with Crippen LogP contribution in [0.25, 0.3) is 12.2 Å². The first-order valence-corrected chi connectivity index (χ1v) is 14.6. The van der Waals surface area contributed by atoms with Crippen molar-refractivity contribution in [2.45, 2.75) is 92.5 Å². The second-order valence-corrected chi connectivity index (χ2v) is 13.5. The number of carbonyl (C=O) groups is 2. The Labute approximate surface area is 263 Å². The quantitative estimate of drug-likeness (QED) is 0.123. The van der Waals surface area contributed by atoms with Gasteiger partial charge in [-0.3, -0.25) is 0 Å². The standard InChI is InChI=1S/C34H43BrO8/c1-12-34(10,11)41-27-20-23(24(17-13-21(2)3)29(36)28(27)35)16-14-22-15-18-25(39-30(37)42-32(4,5)6)26(19-22)40-31(38)43-33(7,8)9/h12-16,18-20,36H,1,17H2,2-11H3/b16-14+. The highest BCUT2D eigenvalue weighted by Gasteiger charge is 2.24. The molecule has 2 aromatic rings. The zero-order valence-corrected chi connectivity index (χ0v) is 28.3. The SMILES string of the molecule is C=CC(C)(C)Oc1cc(/C=C/c2ccc(OC(=O)OC(C)(C)C)c(OC(=O)OC(C)(C)C)c2)c(CC=C(C)C)c(O)c1Br. The van der Waals surface area contributed by atoms with Crippen LogP contribution in [0.1, 0.15) is 85.9 Å². The highest BCUT2D eigenvalue weighted by Crippen LogP contribution is 2.42. The molecule has 0 unspecified atom stereocenters. The Morgan fingerprint density at radius 1 is 0.860 bits per heavy atom. The van der Waals surface area contributed by atoms with Crippen LogP contribution in [0.5, 0.6) is 23.0 Å². The van der Waals surface area contributed by atoms with E-state index in [-0.39, 0.29) is 17.2 Å². The molecular formula is C34H43BrO8. The molecule has 0 saturated carbocycles. The van der Waals surface area contributed by atoms with Crippen molar-refractivity contribution in [3.63, 3.8) is 0 Å². The summed E-state index contributed by atoms with van der Waals surface area (Å²) in [4.78, 5) is 24.9. The summed E-state index contributed by atoms with van der Waals surface area (Å²) in [5.41, 5.74) is 0.832. The van der Waals surface area contributed by atoms with Gasteiger partial charge in [-0.2, -0.15) is 0 Å². The molecule has 0 bridgehead atoms. The molecule has 0 aromatic heterocycles. The maximum absolute atomic E-state index is 12.5. The van der Waals surface area contributed by atoms with Crippen LogP contribution in [0, 0.1) is 0 Å². The molecule has 8 nitrogen and oxygen atoms in total. The normalized spacial score (nSPS) is 12.0. The van der Waals surface area contributed by atoms with Gasteiger partial charge in [-0.25, -0.2) is 9.59 Å². The van der Waals surface area contributed by atoms with Crippen molar-refractivity contribution in [2.75, 3.05) is 0 Å². The summed E-state index contributed by atoms with van der Waals surface area (Å²) >= 11 is 3.48. The van der Waals surface area contributed by atoms with Crippen LogP contribution in [-0.4, -0.2) is 34.2 Å². The summed E-state index contributed by atoms with van der Waals surface area (Å²) in [7, 11) is 0. The van der Waals surface area contributed by atoms with Gasteiger partial charge in [0.1, 0.15) is 32.8 Å². The summed E-state index contributed by atoms with van der Waals surface area (Å²) in [5, 5.41) is 11.1. The van der Waals surface area contributed by atoms with E-state index in [1.165, 1.54) is 12.1 Å². The van der Waals surface area contributed by atoms with Crippen LogP contribution in [0.3, 0.4) is 0 Å². The number of rotatable bonds is 9. The molecule has 1 N–H and O–H groups in total. The van der Waals surface area contributed by atoms with Gasteiger partial charge in [-0.1, -0.05) is 36.4 Å². The van der Waals surface area contributed by atoms with E-state index < -0.39 is 29.1 Å². The minimum atomic E-state index is -0.962. The highest BCUT2D eigenvalue weighted by atomic mass is 79.9. The number of halogens is 1. The lowest BCUT2D eigenvalue weighted by Gasteiger charge is -2.24. The van der Waals surface area contributed by atoms with E-state index in [1.54, 1.807) is 59.8 Å². The molecule has 0 heterocycles. The first-order chi connectivity index (χ1) is 19.7. The lowest BCUT2D eigenvalue weighted by atomic mass is 10.00. The van der Waals surface area contributed by atoms with Crippen LogP contribution < -0.4 is 14.2 Å². The average Bonchev–Trinajstić information content (AvgIpc) is 2.84. The molecule has 0 atom stereocenters. The van der Waals surface area contributed by atoms with Gasteiger partial charge in [0.05, 0.1) is 0 Å². The van der Waals surface area contributed by atoms with Gasteiger partial charge < -0.3 is 28.8 Å². The number of hydrogen-bond donors (Lipinski definition) is 1. The highest BCUT2D eigenvalue weighted by molar-refractivity contribution is 9.10. The van der Waals surface area contributed by atoms with Crippen molar-refractivity contribution < 1.29 is 38.4 Å². The van der Waals surface area contributed by atoms with Crippen molar-refractivity contribution >= 4 is 40.4 Å². The third kappa shape index (κ3) is 11.8. The smallest absolute Gasteiger partial charge is 0.506 e. The number of phenolic OH excluding ortho intramolecular Hbond substituents is 1. The lowest BCUT2D eigenvalue weighted by molar-refractivity contribution is 0.0137. The monoisotopic (exact) mass is 658 g/mol. The summed E-state index contributed by atoms with van der Waals surface area (Å²) in [6.07, 6.45) is 5.85. The van der Waals surface area contributed by atoms with Crippen molar-refractivity contribution in [3.05, 3.63) is 69.7 Å². The fraction of sp³-hybridized carbons (Fsp3) is 0.412. The molecule has 0 spiro atoms. The molecule has 0 aliphatic carbocycles. The van der Waals surface area contributed by atoms with Gasteiger partial charge in [0.15, 0.2) is 11.5 Å². The van der Waals surface area contributed by atoms with E-state index in [0.717, 1.165) is 5.57 Å². The summed E-state index contributed by atoms with van der Waals surface area (Å²) in [6, 6.07) is 6.54. The molecule has 234 valence electrons. The van der Waals surface area contributed by atoms with Gasteiger partial charge in [-0.05, 0) is 127 Å². The van der Waals surface area contributed by atoms with Gasteiger partial charge in [0, 0.05) is 5.56 Å². The van der Waals surface area contributed by atoms with E-state index in [4.69, 9.17) is 23.7 Å². The number of allylic oxidation sites excluding steroid dienone is 2. The summed E-state index contributed by atoms with van der Waals surface area (Å²) in [6.45, 7) is 21.8. The molecule has 9 heteroatoms. The molecule has 2 aromatic carbocycles. The fourth-order valence-corrected chi connectivity index (χ4v) is 3.88. The Bertz CT molecular complexity index is 1400. The van der Waals surface area contributed by atoms with E-state index in [9.17, 15) is 14.7 Å². The van der Waals surface area contributed by atoms with Gasteiger partial charge >= 0.3 is 12.3 Å². The number of hydrogen-bond acceptors (Lipinski definition) is 8. The number of aromatic hydroxyl groups is 1. The Kier molecular flexibility index (Phi) is 11.7. The van der Waals surface area contributed by atoms with E-state index in [0.29, 0.717) is 33.3 Å². The average molecular weight is 660 g/mol. The van der Waals surface area contributed by atoms with Gasteiger partial charge in [0.25, 0.3) is 0 Å². The third-order valence-electron chi connectivity index (χ3n) is 5.51. The Morgan fingerprint density at radius 3 is 1.93 bits per heavy atom. The molecular weight excluding hydrogens is 616 g/mol. The molecule has 0 aliphatic rings. The van der Waals surface area contributed by atoms with E-state index >= 15 is 0 Å². The fourth-order valence-electron chi connectivity index (χ4n) is 3.45.